The van der Waals surface area contributed by atoms with Crippen molar-refractivity contribution < 1.29 is 32.7 Å². The van der Waals surface area contributed by atoms with Gasteiger partial charge in [0.05, 0.1) is 0 Å². The Morgan fingerprint density at radius 2 is 2.09 bits per heavy atom. The molecule has 0 aromatic heterocycles. The standard InChI is InChI=1S/C8H15N2.Y/c1-2-5-10-6-4-9-7-8(10)3-1;/h8H,1-7H2;/q-1;. The molecule has 2 rings (SSSR count). The van der Waals surface area contributed by atoms with Gasteiger partial charge in [0.15, 0.2) is 0 Å². The van der Waals surface area contributed by atoms with Gasteiger partial charge in [-0.25, -0.2) is 0 Å². The van der Waals surface area contributed by atoms with E-state index in [1.807, 2.05) is 0 Å². The topological polar surface area (TPSA) is 17.3 Å². The maximum atomic E-state index is 4.42. The van der Waals surface area contributed by atoms with Crippen molar-refractivity contribution in [3.63, 3.8) is 0 Å². The SMILES string of the molecule is C1CCN2CC[N-]CC2C1.[Y]. The fourth-order valence-corrected chi connectivity index (χ4v) is 2.00. The van der Waals surface area contributed by atoms with Crippen LogP contribution in [0.3, 0.4) is 0 Å². The quantitative estimate of drug-likeness (QED) is 0.609. The molecule has 0 spiro atoms. The van der Waals surface area contributed by atoms with Gasteiger partial charge in [-0.1, -0.05) is 6.42 Å². The normalized spacial score (nSPS) is 32.2. The first-order valence-electron chi connectivity index (χ1n) is 4.34. The van der Waals surface area contributed by atoms with Crippen LogP contribution in [0, 0.1) is 0 Å². The Bertz CT molecular complexity index is 92.7. The van der Waals surface area contributed by atoms with Gasteiger partial charge in [0.1, 0.15) is 0 Å². The van der Waals surface area contributed by atoms with E-state index in [0.29, 0.717) is 0 Å². The largest absolute Gasteiger partial charge is 0.660 e. The van der Waals surface area contributed by atoms with Gasteiger partial charge in [-0.2, -0.15) is 0 Å². The molecule has 1 radical (unpaired) electrons. The zero-order chi connectivity index (χ0) is 6.81. The summed E-state index contributed by atoms with van der Waals surface area (Å²) in [4.78, 5) is 2.61. The number of piperidine rings is 1. The molecule has 0 aromatic carbocycles. The van der Waals surface area contributed by atoms with Crippen LogP contribution in [0.5, 0.6) is 0 Å². The third-order valence-electron chi connectivity index (χ3n) is 2.63. The number of hydrogen-bond acceptors (Lipinski definition) is 1. The maximum Gasteiger partial charge on any atom is 0 e. The van der Waals surface area contributed by atoms with Crippen LogP contribution in [0.1, 0.15) is 19.3 Å². The van der Waals surface area contributed by atoms with Crippen molar-refractivity contribution in [2.75, 3.05) is 26.2 Å². The van der Waals surface area contributed by atoms with Crippen molar-refractivity contribution in [1.82, 2.24) is 4.90 Å². The second-order valence-corrected chi connectivity index (χ2v) is 3.32. The molecule has 0 amide bonds. The Morgan fingerprint density at radius 1 is 1.18 bits per heavy atom. The van der Waals surface area contributed by atoms with Gasteiger partial charge in [-0.15, -0.1) is 13.1 Å². The first kappa shape index (κ1) is 10.1. The Hall–Kier alpha value is 1.02. The second kappa shape index (κ2) is 4.91. The van der Waals surface area contributed by atoms with E-state index in [0.717, 1.165) is 19.1 Å². The number of rotatable bonds is 0. The van der Waals surface area contributed by atoms with Gasteiger partial charge in [0, 0.05) is 32.7 Å². The van der Waals surface area contributed by atoms with Crippen molar-refractivity contribution in [2.45, 2.75) is 25.3 Å². The Balaban J connectivity index is 0.000000605. The van der Waals surface area contributed by atoms with Crippen LogP contribution in [0.25, 0.3) is 5.32 Å². The molecule has 0 saturated carbocycles. The van der Waals surface area contributed by atoms with Gasteiger partial charge in [0.25, 0.3) is 0 Å². The fourth-order valence-electron chi connectivity index (χ4n) is 2.00. The Morgan fingerprint density at radius 3 is 2.91 bits per heavy atom. The van der Waals surface area contributed by atoms with Crippen molar-refractivity contribution in [3.8, 4) is 0 Å². The Labute approximate surface area is 94.0 Å². The zero-order valence-electron chi connectivity index (χ0n) is 7.00. The summed E-state index contributed by atoms with van der Waals surface area (Å²) in [6.45, 7) is 4.75. The van der Waals surface area contributed by atoms with Crippen LogP contribution in [0.2, 0.25) is 0 Å². The molecule has 61 valence electrons. The molecular weight excluding hydrogens is 213 g/mol. The third-order valence-corrected chi connectivity index (χ3v) is 2.63. The summed E-state index contributed by atoms with van der Waals surface area (Å²) in [7, 11) is 0. The van der Waals surface area contributed by atoms with Crippen molar-refractivity contribution in [2.24, 2.45) is 0 Å². The van der Waals surface area contributed by atoms with Crippen LogP contribution in [0.4, 0.5) is 0 Å². The van der Waals surface area contributed by atoms with E-state index in [1.165, 1.54) is 32.4 Å². The number of hydrogen-bond donors (Lipinski definition) is 0. The molecule has 2 saturated heterocycles. The summed E-state index contributed by atoms with van der Waals surface area (Å²) in [5, 5.41) is 4.42. The van der Waals surface area contributed by atoms with Crippen molar-refractivity contribution >= 4 is 0 Å². The number of fused-ring (bicyclic) bond motifs is 1. The summed E-state index contributed by atoms with van der Waals surface area (Å²) in [5.74, 6) is 0. The first-order valence-corrected chi connectivity index (χ1v) is 4.34. The molecule has 2 aliphatic heterocycles. The molecule has 2 nitrogen and oxygen atoms in total. The first-order chi connectivity index (χ1) is 4.97. The van der Waals surface area contributed by atoms with Crippen LogP contribution >= 0.6 is 0 Å². The van der Waals surface area contributed by atoms with E-state index < -0.39 is 0 Å². The van der Waals surface area contributed by atoms with Crippen LogP contribution in [-0.4, -0.2) is 37.1 Å². The summed E-state index contributed by atoms with van der Waals surface area (Å²) in [6, 6.07) is 0.822. The molecule has 0 bridgehead atoms. The molecule has 0 aliphatic carbocycles. The van der Waals surface area contributed by atoms with E-state index in [1.54, 1.807) is 0 Å². The molecule has 1 unspecified atom stereocenters. The van der Waals surface area contributed by atoms with Crippen LogP contribution in [0.15, 0.2) is 0 Å². The van der Waals surface area contributed by atoms with Crippen LogP contribution in [-0.2, 0) is 32.7 Å². The van der Waals surface area contributed by atoms with Gasteiger partial charge in [0.2, 0.25) is 0 Å². The van der Waals surface area contributed by atoms with E-state index in [-0.39, 0.29) is 32.7 Å². The molecular formula is C8H15N2Y-. The molecule has 2 aliphatic rings. The summed E-state index contributed by atoms with van der Waals surface area (Å²) in [5.41, 5.74) is 0. The average molecular weight is 228 g/mol. The molecule has 1 atom stereocenters. The van der Waals surface area contributed by atoms with Gasteiger partial charge >= 0.3 is 0 Å². The van der Waals surface area contributed by atoms with E-state index in [4.69, 9.17) is 0 Å². The molecule has 0 N–H and O–H groups in total. The second-order valence-electron chi connectivity index (χ2n) is 3.32. The minimum absolute atomic E-state index is 0. The van der Waals surface area contributed by atoms with Gasteiger partial charge < -0.3 is 10.2 Å². The van der Waals surface area contributed by atoms with E-state index in [2.05, 4.69) is 10.2 Å². The third kappa shape index (κ3) is 2.48. The maximum absolute atomic E-state index is 4.42. The minimum atomic E-state index is 0. The summed E-state index contributed by atoms with van der Waals surface area (Å²) >= 11 is 0. The molecule has 2 heterocycles. The van der Waals surface area contributed by atoms with Crippen molar-refractivity contribution in [3.05, 3.63) is 5.32 Å². The van der Waals surface area contributed by atoms with E-state index in [9.17, 15) is 0 Å². The molecule has 3 heteroatoms. The fraction of sp³-hybridized carbons (Fsp3) is 1.00. The predicted octanol–water partition coefficient (Wildman–Crippen LogP) is 1.23. The van der Waals surface area contributed by atoms with E-state index >= 15 is 0 Å². The summed E-state index contributed by atoms with van der Waals surface area (Å²) in [6.07, 6.45) is 4.23. The number of piperazine rings is 1. The summed E-state index contributed by atoms with van der Waals surface area (Å²) < 4.78 is 0. The van der Waals surface area contributed by atoms with Gasteiger partial charge in [-0.05, 0) is 32.0 Å². The predicted molar refractivity (Wildman–Crippen MR) is 42.3 cm³/mol. The molecule has 11 heavy (non-hydrogen) atoms. The average Bonchev–Trinajstić information content (AvgIpc) is 2.05. The van der Waals surface area contributed by atoms with Crippen molar-refractivity contribution in [1.29, 1.82) is 0 Å². The van der Waals surface area contributed by atoms with Crippen LogP contribution < -0.4 is 0 Å². The smallest absolute Gasteiger partial charge is 0 e. The monoisotopic (exact) mass is 228 g/mol. The minimum Gasteiger partial charge on any atom is -0.660 e. The van der Waals surface area contributed by atoms with Gasteiger partial charge in [-0.3, -0.25) is 0 Å². The molecule has 0 aromatic rings. The number of nitrogens with zero attached hydrogens (tertiary/aromatic N) is 2. The Kier molecular flexibility index (Phi) is 4.51. The zero-order valence-corrected chi connectivity index (χ0v) is 9.84. The molecule has 2 fully saturated rings.